The van der Waals surface area contributed by atoms with Gasteiger partial charge in [0.1, 0.15) is 0 Å². The summed E-state index contributed by atoms with van der Waals surface area (Å²) < 4.78 is 1.34. The predicted octanol–water partition coefficient (Wildman–Crippen LogP) is 3.21. The molecule has 64 valence electrons. The Kier molecular flexibility index (Phi) is 2.26. The van der Waals surface area contributed by atoms with Crippen LogP contribution in [0.5, 0.6) is 0 Å². The molecule has 1 aliphatic rings. The normalized spacial score (nSPS) is 21.3. The molecule has 1 nitrogen and oxygen atoms in total. The van der Waals surface area contributed by atoms with Gasteiger partial charge in [0.05, 0.1) is 5.69 Å². The van der Waals surface area contributed by atoms with Crippen LogP contribution in [0.4, 0.5) is 5.69 Å². The van der Waals surface area contributed by atoms with Gasteiger partial charge < -0.3 is 5.32 Å². The van der Waals surface area contributed by atoms with Gasteiger partial charge in [-0.2, -0.15) is 0 Å². The molecule has 0 spiro atoms. The third-order valence-corrected chi connectivity index (χ3v) is 3.35. The average Bonchev–Trinajstić information content (AvgIpc) is 2.07. The van der Waals surface area contributed by atoms with Crippen molar-refractivity contribution in [3.8, 4) is 0 Å². The maximum absolute atomic E-state index is 3.45. The molecule has 1 heterocycles. The highest BCUT2D eigenvalue weighted by Crippen LogP contribution is 2.33. The lowest BCUT2D eigenvalue weighted by molar-refractivity contribution is 0.683. The zero-order valence-electron chi connectivity index (χ0n) is 7.10. The molecule has 2 rings (SSSR count). The van der Waals surface area contributed by atoms with Crippen molar-refractivity contribution in [2.45, 2.75) is 19.3 Å². The Balaban J connectivity index is 2.52. The number of nitrogens with one attached hydrogen (secondary N) is 1. The first-order valence-electron chi connectivity index (χ1n) is 4.31. The van der Waals surface area contributed by atoms with Crippen LogP contribution < -0.4 is 5.32 Å². The van der Waals surface area contributed by atoms with Crippen LogP contribution in [-0.4, -0.2) is 6.54 Å². The van der Waals surface area contributed by atoms with Crippen LogP contribution in [0.3, 0.4) is 0 Å². The topological polar surface area (TPSA) is 12.0 Å². The van der Waals surface area contributed by atoms with Crippen molar-refractivity contribution in [3.05, 3.63) is 27.3 Å². The van der Waals surface area contributed by atoms with Crippen LogP contribution in [0.2, 0.25) is 0 Å². The van der Waals surface area contributed by atoms with Gasteiger partial charge in [0, 0.05) is 10.1 Å². The number of halogens is 1. The Morgan fingerprint density at radius 1 is 1.50 bits per heavy atom. The van der Waals surface area contributed by atoms with E-state index < -0.39 is 0 Å². The minimum Gasteiger partial charge on any atom is -0.384 e. The minimum absolute atomic E-state index is 0.718. The van der Waals surface area contributed by atoms with Gasteiger partial charge in [-0.1, -0.05) is 19.1 Å². The van der Waals surface area contributed by atoms with Gasteiger partial charge in [-0.3, -0.25) is 0 Å². The van der Waals surface area contributed by atoms with E-state index in [4.69, 9.17) is 0 Å². The standard InChI is InChI=1S/C10H12IN/c1-7-5-6-12-10-8(7)3-2-4-9(10)11/h2-4,7,12H,5-6H2,1H3. The summed E-state index contributed by atoms with van der Waals surface area (Å²) in [5.41, 5.74) is 2.84. The fraction of sp³-hybridized carbons (Fsp3) is 0.400. The molecular weight excluding hydrogens is 261 g/mol. The number of fused-ring (bicyclic) bond motifs is 1. The first-order chi connectivity index (χ1) is 5.79. The SMILES string of the molecule is CC1CCNc2c(I)cccc21. The van der Waals surface area contributed by atoms with Gasteiger partial charge in [-0.05, 0) is 46.6 Å². The van der Waals surface area contributed by atoms with Gasteiger partial charge in [-0.25, -0.2) is 0 Å². The second kappa shape index (κ2) is 3.24. The van der Waals surface area contributed by atoms with Gasteiger partial charge in [0.25, 0.3) is 0 Å². The van der Waals surface area contributed by atoms with E-state index in [2.05, 4.69) is 53.0 Å². The Morgan fingerprint density at radius 2 is 2.33 bits per heavy atom. The van der Waals surface area contributed by atoms with Gasteiger partial charge >= 0.3 is 0 Å². The molecule has 1 aromatic carbocycles. The molecule has 1 aromatic rings. The Morgan fingerprint density at radius 3 is 3.08 bits per heavy atom. The van der Waals surface area contributed by atoms with Crippen molar-refractivity contribution in [2.24, 2.45) is 0 Å². The molecule has 12 heavy (non-hydrogen) atoms. The lowest BCUT2D eigenvalue weighted by Gasteiger charge is -2.24. The fourth-order valence-corrected chi connectivity index (χ4v) is 2.42. The van der Waals surface area contributed by atoms with Gasteiger partial charge in [-0.15, -0.1) is 0 Å². The van der Waals surface area contributed by atoms with Crippen LogP contribution in [0.1, 0.15) is 24.8 Å². The molecule has 0 aromatic heterocycles. The first kappa shape index (κ1) is 8.35. The molecule has 0 bridgehead atoms. The van der Waals surface area contributed by atoms with Crippen LogP contribution in [0, 0.1) is 3.57 Å². The van der Waals surface area contributed by atoms with E-state index in [0.717, 1.165) is 12.5 Å². The summed E-state index contributed by atoms with van der Waals surface area (Å²) in [5, 5.41) is 3.45. The molecular formula is C10H12IN. The lowest BCUT2D eigenvalue weighted by Crippen LogP contribution is -2.15. The smallest absolute Gasteiger partial charge is 0.0511 e. The van der Waals surface area contributed by atoms with E-state index >= 15 is 0 Å². The molecule has 1 unspecified atom stereocenters. The Labute approximate surface area is 86.7 Å². The van der Waals surface area contributed by atoms with Crippen LogP contribution in [0.25, 0.3) is 0 Å². The summed E-state index contributed by atoms with van der Waals surface area (Å²) in [6.45, 7) is 3.42. The number of hydrogen-bond donors (Lipinski definition) is 1. The highest BCUT2D eigenvalue weighted by atomic mass is 127. The quantitative estimate of drug-likeness (QED) is 0.716. The van der Waals surface area contributed by atoms with Crippen molar-refractivity contribution in [1.29, 1.82) is 0 Å². The second-order valence-electron chi connectivity index (χ2n) is 3.32. The van der Waals surface area contributed by atoms with Crippen molar-refractivity contribution < 1.29 is 0 Å². The zero-order chi connectivity index (χ0) is 8.55. The number of rotatable bonds is 0. The summed E-state index contributed by atoms with van der Waals surface area (Å²) in [6.07, 6.45) is 1.26. The van der Waals surface area contributed by atoms with Crippen molar-refractivity contribution in [3.63, 3.8) is 0 Å². The van der Waals surface area contributed by atoms with E-state index in [1.54, 1.807) is 0 Å². The summed E-state index contributed by atoms with van der Waals surface area (Å²) >= 11 is 2.39. The molecule has 0 amide bonds. The summed E-state index contributed by atoms with van der Waals surface area (Å²) in [7, 11) is 0. The van der Waals surface area contributed by atoms with Crippen LogP contribution in [0.15, 0.2) is 18.2 Å². The second-order valence-corrected chi connectivity index (χ2v) is 4.48. The largest absolute Gasteiger partial charge is 0.384 e. The lowest BCUT2D eigenvalue weighted by atomic mass is 9.93. The van der Waals surface area contributed by atoms with Crippen LogP contribution >= 0.6 is 22.6 Å². The highest BCUT2D eigenvalue weighted by Gasteiger charge is 2.16. The van der Waals surface area contributed by atoms with E-state index in [0.29, 0.717) is 0 Å². The average molecular weight is 273 g/mol. The summed E-state index contributed by atoms with van der Waals surface area (Å²) in [6, 6.07) is 6.53. The molecule has 0 aliphatic carbocycles. The molecule has 0 saturated heterocycles. The van der Waals surface area contributed by atoms with Gasteiger partial charge in [0.15, 0.2) is 0 Å². The summed E-state index contributed by atoms with van der Waals surface area (Å²) in [5.74, 6) is 0.718. The number of para-hydroxylation sites is 1. The van der Waals surface area contributed by atoms with Crippen molar-refractivity contribution in [1.82, 2.24) is 0 Å². The van der Waals surface area contributed by atoms with E-state index in [1.807, 2.05) is 0 Å². The van der Waals surface area contributed by atoms with E-state index in [1.165, 1.54) is 21.2 Å². The zero-order valence-corrected chi connectivity index (χ0v) is 9.26. The molecule has 0 saturated carbocycles. The summed E-state index contributed by atoms with van der Waals surface area (Å²) in [4.78, 5) is 0. The Bertz CT molecular complexity index is 296. The third kappa shape index (κ3) is 1.32. The van der Waals surface area contributed by atoms with Crippen molar-refractivity contribution in [2.75, 3.05) is 11.9 Å². The molecule has 0 fully saturated rings. The van der Waals surface area contributed by atoms with E-state index in [9.17, 15) is 0 Å². The molecule has 2 heteroatoms. The predicted molar refractivity (Wildman–Crippen MR) is 60.7 cm³/mol. The minimum atomic E-state index is 0.718. The third-order valence-electron chi connectivity index (χ3n) is 2.46. The van der Waals surface area contributed by atoms with Gasteiger partial charge in [0.2, 0.25) is 0 Å². The molecule has 0 radical (unpaired) electrons. The molecule has 1 N–H and O–H groups in total. The molecule has 1 atom stereocenters. The van der Waals surface area contributed by atoms with E-state index in [-0.39, 0.29) is 0 Å². The fourth-order valence-electron chi connectivity index (χ4n) is 1.71. The maximum Gasteiger partial charge on any atom is 0.0511 e. The number of hydrogen-bond acceptors (Lipinski definition) is 1. The number of anilines is 1. The number of benzene rings is 1. The first-order valence-corrected chi connectivity index (χ1v) is 5.39. The highest BCUT2D eigenvalue weighted by molar-refractivity contribution is 14.1. The van der Waals surface area contributed by atoms with Crippen LogP contribution in [-0.2, 0) is 0 Å². The Hall–Kier alpha value is -0.250. The molecule has 1 aliphatic heterocycles. The van der Waals surface area contributed by atoms with Crippen molar-refractivity contribution >= 4 is 28.3 Å². The maximum atomic E-state index is 3.45. The monoisotopic (exact) mass is 273 g/mol.